The van der Waals surface area contributed by atoms with Gasteiger partial charge in [-0.15, -0.1) is 0 Å². The molecular formula is C33H54N2. The molecule has 0 heterocycles. The largest absolute Gasteiger partial charge is 0.398 e. The molecule has 0 fully saturated rings. The third-order valence-corrected chi connectivity index (χ3v) is 7.83. The highest BCUT2D eigenvalue weighted by atomic mass is 15.2. The average Bonchev–Trinajstić information content (AvgIpc) is 2.87. The van der Waals surface area contributed by atoms with Crippen LogP contribution in [0.25, 0.3) is 0 Å². The summed E-state index contributed by atoms with van der Waals surface area (Å²) in [4.78, 5) is 2.81. The van der Waals surface area contributed by atoms with Gasteiger partial charge in [-0.3, -0.25) is 0 Å². The molecular weight excluding hydrogens is 424 g/mol. The maximum atomic E-state index is 6.43. The van der Waals surface area contributed by atoms with E-state index in [4.69, 9.17) is 5.73 Å². The second kappa shape index (κ2) is 14.6. The second-order valence-corrected chi connectivity index (χ2v) is 10.6. The van der Waals surface area contributed by atoms with E-state index in [0.717, 1.165) is 37.8 Å². The molecule has 0 aliphatic carbocycles. The molecule has 0 saturated carbocycles. The van der Waals surface area contributed by atoms with E-state index in [-0.39, 0.29) is 0 Å². The zero-order valence-electron chi connectivity index (χ0n) is 24.3. The molecule has 35 heavy (non-hydrogen) atoms. The van der Waals surface area contributed by atoms with Gasteiger partial charge >= 0.3 is 0 Å². The number of anilines is 2. The smallest absolute Gasteiger partial charge is 0.0436 e. The molecule has 0 aliphatic rings. The summed E-state index contributed by atoms with van der Waals surface area (Å²) in [6, 6.07) is 10.8. The highest BCUT2D eigenvalue weighted by Gasteiger charge is 2.25. The SMILES string of the molecule is CCCCC(C)N(c1c(CC)cc(Cc2cc(CC)c(N)c(CC)c2)cc1CC)C(C)CCCC. The molecule has 0 radical (unpaired) electrons. The number of rotatable bonds is 15. The van der Waals surface area contributed by atoms with Gasteiger partial charge in [-0.1, -0.05) is 91.5 Å². The van der Waals surface area contributed by atoms with Crippen molar-refractivity contribution in [3.8, 4) is 0 Å². The number of nitrogen functional groups attached to an aromatic ring is 1. The number of nitrogens with two attached hydrogens (primary N) is 1. The Morgan fingerprint density at radius 1 is 0.629 bits per heavy atom. The van der Waals surface area contributed by atoms with Crippen LogP contribution in [0.5, 0.6) is 0 Å². The van der Waals surface area contributed by atoms with Crippen LogP contribution in [-0.4, -0.2) is 12.1 Å². The van der Waals surface area contributed by atoms with Crippen LogP contribution in [0, 0.1) is 0 Å². The summed E-state index contributed by atoms with van der Waals surface area (Å²) in [5, 5.41) is 0. The van der Waals surface area contributed by atoms with Gasteiger partial charge < -0.3 is 10.6 Å². The van der Waals surface area contributed by atoms with Gasteiger partial charge in [-0.2, -0.15) is 0 Å². The highest BCUT2D eigenvalue weighted by molar-refractivity contribution is 5.63. The molecule has 2 unspecified atom stereocenters. The van der Waals surface area contributed by atoms with Crippen LogP contribution in [0.15, 0.2) is 24.3 Å². The molecule has 2 N–H and O–H groups in total. The fourth-order valence-corrected chi connectivity index (χ4v) is 5.73. The van der Waals surface area contributed by atoms with Crippen LogP contribution in [0.3, 0.4) is 0 Å². The summed E-state index contributed by atoms with van der Waals surface area (Å²) in [6.07, 6.45) is 12.8. The van der Waals surface area contributed by atoms with E-state index in [1.807, 2.05) is 0 Å². The fraction of sp³-hybridized carbons (Fsp3) is 0.636. The third-order valence-electron chi connectivity index (χ3n) is 7.83. The van der Waals surface area contributed by atoms with E-state index in [9.17, 15) is 0 Å². The molecule has 0 spiro atoms. The Labute approximate surface area is 217 Å². The maximum Gasteiger partial charge on any atom is 0.0436 e. The lowest BCUT2D eigenvalue weighted by Gasteiger charge is -2.40. The molecule has 2 aromatic rings. The van der Waals surface area contributed by atoms with Crippen molar-refractivity contribution in [3.63, 3.8) is 0 Å². The van der Waals surface area contributed by atoms with Gasteiger partial charge in [0.2, 0.25) is 0 Å². The first kappa shape index (κ1) is 29.3. The number of aryl methyl sites for hydroxylation is 4. The Morgan fingerprint density at radius 3 is 1.34 bits per heavy atom. The summed E-state index contributed by atoms with van der Waals surface area (Å²) in [7, 11) is 0. The highest BCUT2D eigenvalue weighted by Crippen LogP contribution is 2.35. The molecule has 2 atom stereocenters. The Hall–Kier alpha value is -1.96. The van der Waals surface area contributed by atoms with Gasteiger partial charge in [0, 0.05) is 23.5 Å². The maximum absolute atomic E-state index is 6.43. The number of hydrogen-bond donors (Lipinski definition) is 1. The van der Waals surface area contributed by atoms with E-state index in [0.29, 0.717) is 12.1 Å². The Balaban J connectivity index is 2.54. The van der Waals surface area contributed by atoms with Crippen LogP contribution in [0.2, 0.25) is 0 Å². The van der Waals surface area contributed by atoms with Gasteiger partial charge in [0.05, 0.1) is 0 Å². The van der Waals surface area contributed by atoms with E-state index < -0.39 is 0 Å². The topological polar surface area (TPSA) is 29.3 Å². The van der Waals surface area contributed by atoms with Crippen molar-refractivity contribution < 1.29 is 0 Å². The van der Waals surface area contributed by atoms with Crippen LogP contribution in [0.4, 0.5) is 11.4 Å². The monoisotopic (exact) mass is 478 g/mol. The van der Waals surface area contributed by atoms with E-state index in [1.54, 1.807) is 0 Å². The second-order valence-electron chi connectivity index (χ2n) is 10.6. The lowest BCUT2D eigenvalue weighted by molar-refractivity contribution is 0.475. The zero-order valence-corrected chi connectivity index (χ0v) is 24.3. The van der Waals surface area contributed by atoms with Crippen molar-refractivity contribution >= 4 is 11.4 Å². The average molecular weight is 479 g/mol. The molecule has 2 aromatic carbocycles. The number of hydrogen-bond acceptors (Lipinski definition) is 2. The van der Waals surface area contributed by atoms with Crippen molar-refractivity contribution in [1.82, 2.24) is 0 Å². The summed E-state index contributed by atoms with van der Waals surface area (Å²) in [5.41, 5.74) is 17.4. The first-order chi connectivity index (χ1) is 16.8. The molecule has 2 nitrogen and oxygen atoms in total. The fourth-order valence-electron chi connectivity index (χ4n) is 5.73. The first-order valence-corrected chi connectivity index (χ1v) is 14.7. The third kappa shape index (κ3) is 7.51. The number of benzene rings is 2. The van der Waals surface area contributed by atoms with Gasteiger partial charge in [-0.05, 0) is 92.2 Å². The minimum absolute atomic E-state index is 0.569. The Morgan fingerprint density at radius 2 is 1.00 bits per heavy atom. The molecule has 2 rings (SSSR count). The van der Waals surface area contributed by atoms with E-state index in [2.05, 4.69) is 84.6 Å². The van der Waals surface area contributed by atoms with Gasteiger partial charge in [-0.25, -0.2) is 0 Å². The lowest BCUT2D eigenvalue weighted by atomic mass is 9.91. The summed E-state index contributed by atoms with van der Waals surface area (Å²) in [6.45, 7) is 18.6. The Bertz CT molecular complexity index is 849. The normalized spacial score (nSPS) is 13.1. The standard InChI is InChI=1S/C33H54N2/c1-9-15-17-24(7)35(25(8)18-16-10-2)33-30(13-5)22-27(23-31(33)14-6)19-26-20-28(11-3)32(34)29(12-4)21-26/h20-25H,9-19,34H2,1-8H3. The van der Waals surface area contributed by atoms with Gasteiger partial charge in [0.25, 0.3) is 0 Å². The lowest BCUT2D eigenvalue weighted by Crippen LogP contribution is -2.41. The predicted molar refractivity (Wildman–Crippen MR) is 158 cm³/mol. The van der Waals surface area contributed by atoms with Crippen molar-refractivity contribution in [2.75, 3.05) is 10.6 Å². The van der Waals surface area contributed by atoms with Crippen molar-refractivity contribution in [3.05, 3.63) is 57.6 Å². The predicted octanol–water partition coefficient (Wildman–Crippen LogP) is 9.07. The van der Waals surface area contributed by atoms with E-state index in [1.165, 1.54) is 77.6 Å². The quantitative estimate of drug-likeness (QED) is 0.259. The number of nitrogens with zero attached hydrogens (tertiary/aromatic N) is 1. The first-order valence-electron chi connectivity index (χ1n) is 14.7. The summed E-state index contributed by atoms with van der Waals surface area (Å²) >= 11 is 0. The van der Waals surface area contributed by atoms with Gasteiger partial charge in [0.15, 0.2) is 0 Å². The van der Waals surface area contributed by atoms with Crippen molar-refractivity contribution in [1.29, 1.82) is 0 Å². The minimum Gasteiger partial charge on any atom is -0.398 e. The summed E-state index contributed by atoms with van der Waals surface area (Å²) < 4.78 is 0. The Kier molecular flexibility index (Phi) is 12.2. The molecule has 0 amide bonds. The molecule has 0 bridgehead atoms. The van der Waals surface area contributed by atoms with Crippen LogP contribution >= 0.6 is 0 Å². The molecule has 2 heteroatoms. The summed E-state index contributed by atoms with van der Waals surface area (Å²) in [5.74, 6) is 0. The zero-order chi connectivity index (χ0) is 26.0. The van der Waals surface area contributed by atoms with Crippen molar-refractivity contribution in [2.45, 2.75) is 138 Å². The van der Waals surface area contributed by atoms with Crippen molar-refractivity contribution in [2.24, 2.45) is 0 Å². The van der Waals surface area contributed by atoms with Gasteiger partial charge in [0.1, 0.15) is 0 Å². The van der Waals surface area contributed by atoms with E-state index >= 15 is 0 Å². The number of unbranched alkanes of at least 4 members (excludes halogenated alkanes) is 2. The molecule has 0 aromatic heterocycles. The van der Waals surface area contributed by atoms with Crippen LogP contribution in [-0.2, 0) is 32.1 Å². The van der Waals surface area contributed by atoms with Crippen LogP contribution in [0.1, 0.15) is 127 Å². The minimum atomic E-state index is 0.569. The molecule has 0 saturated heterocycles. The molecule has 0 aliphatic heterocycles. The molecule has 196 valence electrons. The van der Waals surface area contributed by atoms with Crippen LogP contribution < -0.4 is 10.6 Å².